The minimum Gasteiger partial charge on any atom is -0.378 e. The zero-order valence-corrected chi connectivity index (χ0v) is 20.6. The highest BCUT2D eigenvalue weighted by Crippen LogP contribution is 2.43. The molecule has 1 aliphatic rings. The number of carbonyl (C=O) groups excluding carboxylic acids is 1. The molecule has 0 amide bonds. The molecule has 3 nitrogen and oxygen atoms in total. The highest BCUT2D eigenvalue weighted by molar-refractivity contribution is 6.04. The lowest BCUT2D eigenvalue weighted by molar-refractivity contribution is -0.181. The van der Waals surface area contributed by atoms with Gasteiger partial charge in [0.25, 0.3) is 0 Å². The Kier molecular flexibility index (Phi) is 9.90. The van der Waals surface area contributed by atoms with Crippen LogP contribution >= 0.6 is 0 Å². The van der Waals surface area contributed by atoms with E-state index in [4.69, 9.17) is 9.47 Å². The third-order valence-electron chi connectivity index (χ3n) is 6.56. The summed E-state index contributed by atoms with van der Waals surface area (Å²) in [5.41, 5.74) is 3.04. The van der Waals surface area contributed by atoms with Crippen LogP contribution in [0.25, 0.3) is 0 Å². The first-order valence-electron chi connectivity index (χ1n) is 12.7. The number of ether oxygens (including phenoxy) is 2. The highest BCUT2D eigenvalue weighted by atomic mass is 16.5. The summed E-state index contributed by atoms with van der Waals surface area (Å²) in [7, 11) is 0. The van der Waals surface area contributed by atoms with Gasteiger partial charge in [-0.25, -0.2) is 0 Å². The Morgan fingerprint density at radius 1 is 1.03 bits per heavy atom. The normalized spacial score (nSPS) is 23.1. The number of aryl methyl sites for hydroxylation is 1. The Morgan fingerprint density at radius 3 is 2.45 bits per heavy atom. The van der Waals surface area contributed by atoms with Crippen LogP contribution in [-0.2, 0) is 15.9 Å². The maximum atomic E-state index is 12.6. The molecular weight excluding hydrogens is 408 g/mol. The highest BCUT2D eigenvalue weighted by Gasteiger charge is 2.41. The second-order valence-corrected chi connectivity index (χ2v) is 9.22. The van der Waals surface area contributed by atoms with E-state index in [0.29, 0.717) is 0 Å². The van der Waals surface area contributed by atoms with E-state index in [1.54, 1.807) is 6.08 Å². The molecule has 0 saturated carbocycles. The molecule has 3 heteroatoms. The second-order valence-electron chi connectivity index (χ2n) is 9.22. The maximum Gasteiger partial charge on any atom is 0.185 e. The average Bonchev–Trinajstić information content (AvgIpc) is 2.83. The van der Waals surface area contributed by atoms with Crippen LogP contribution in [0.1, 0.15) is 93.3 Å². The van der Waals surface area contributed by atoms with Gasteiger partial charge in [-0.1, -0.05) is 87.4 Å². The first-order valence-corrected chi connectivity index (χ1v) is 12.7. The molecule has 0 bridgehead atoms. The number of hydrogen-bond donors (Lipinski definition) is 0. The molecule has 2 aromatic carbocycles. The van der Waals surface area contributed by atoms with Crippen molar-refractivity contribution in [2.24, 2.45) is 0 Å². The standard InChI is InChI=1S/C30H40O3/c1-4-12-24-16-18-25(19-17-24)28(31)15-10-11-21-30(20-5-2)23-27(32-6-3)22-29(33-30)26-13-8-7-9-14-26/h7-10,13-19,27,29H,4-6,11-12,20-23H2,1-3H3. The molecule has 33 heavy (non-hydrogen) atoms. The average molecular weight is 449 g/mol. The van der Waals surface area contributed by atoms with Crippen LogP contribution in [0.4, 0.5) is 0 Å². The minimum absolute atomic E-state index is 0.0512. The lowest BCUT2D eigenvalue weighted by Crippen LogP contribution is -2.44. The Bertz CT molecular complexity index is 871. The van der Waals surface area contributed by atoms with Gasteiger partial charge in [0.2, 0.25) is 0 Å². The molecule has 0 radical (unpaired) electrons. The van der Waals surface area contributed by atoms with E-state index in [0.717, 1.165) is 63.5 Å². The summed E-state index contributed by atoms with van der Waals surface area (Å²) in [5.74, 6) is 0.0708. The molecule has 0 aromatic heterocycles. The zero-order chi connectivity index (χ0) is 23.5. The predicted octanol–water partition coefficient (Wildman–Crippen LogP) is 7.65. The summed E-state index contributed by atoms with van der Waals surface area (Å²) in [4.78, 5) is 12.6. The molecule has 0 spiro atoms. The smallest absolute Gasteiger partial charge is 0.185 e. The van der Waals surface area contributed by atoms with Gasteiger partial charge in [-0.3, -0.25) is 4.79 Å². The van der Waals surface area contributed by atoms with Crippen molar-refractivity contribution in [3.63, 3.8) is 0 Å². The van der Waals surface area contributed by atoms with Crippen molar-refractivity contribution in [1.29, 1.82) is 0 Å². The summed E-state index contributed by atoms with van der Waals surface area (Å²) >= 11 is 0. The van der Waals surface area contributed by atoms with Crippen LogP contribution in [0.5, 0.6) is 0 Å². The van der Waals surface area contributed by atoms with Crippen molar-refractivity contribution in [1.82, 2.24) is 0 Å². The molecular formula is C30H40O3. The molecule has 0 N–H and O–H groups in total. The molecule has 0 aliphatic carbocycles. The van der Waals surface area contributed by atoms with Crippen molar-refractivity contribution in [3.05, 3.63) is 83.4 Å². The molecule has 178 valence electrons. The van der Waals surface area contributed by atoms with E-state index in [9.17, 15) is 4.79 Å². The summed E-state index contributed by atoms with van der Waals surface area (Å²) in [6, 6.07) is 18.5. The van der Waals surface area contributed by atoms with Crippen LogP contribution in [0.2, 0.25) is 0 Å². The van der Waals surface area contributed by atoms with Gasteiger partial charge in [0, 0.05) is 25.0 Å². The van der Waals surface area contributed by atoms with Gasteiger partial charge in [0.1, 0.15) is 0 Å². The Balaban J connectivity index is 1.66. The first kappa shape index (κ1) is 25.4. The summed E-state index contributed by atoms with van der Waals surface area (Å²) in [5, 5.41) is 0. The fraction of sp³-hybridized carbons (Fsp3) is 0.500. The van der Waals surface area contributed by atoms with Crippen LogP contribution < -0.4 is 0 Å². The topological polar surface area (TPSA) is 35.5 Å². The van der Waals surface area contributed by atoms with Gasteiger partial charge in [-0.15, -0.1) is 0 Å². The number of rotatable bonds is 12. The molecule has 1 saturated heterocycles. The number of ketones is 1. The summed E-state index contributed by atoms with van der Waals surface area (Å²) < 4.78 is 12.9. The molecule has 2 aromatic rings. The molecule has 3 atom stereocenters. The monoisotopic (exact) mass is 448 g/mol. The lowest BCUT2D eigenvalue weighted by atomic mass is 9.81. The number of allylic oxidation sites excluding steroid dienone is 2. The van der Waals surface area contributed by atoms with Gasteiger partial charge < -0.3 is 9.47 Å². The largest absolute Gasteiger partial charge is 0.378 e. The molecule has 1 fully saturated rings. The maximum absolute atomic E-state index is 12.6. The minimum atomic E-state index is -0.220. The lowest BCUT2D eigenvalue weighted by Gasteiger charge is -2.45. The third-order valence-corrected chi connectivity index (χ3v) is 6.56. The van der Waals surface area contributed by atoms with Gasteiger partial charge >= 0.3 is 0 Å². The molecule has 3 unspecified atom stereocenters. The zero-order valence-electron chi connectivity index (χ0n) is 20.6. The Labute approximate surface area is 200 Å². The van der Waals surface area contributed by atoms with E-state index >= 15 is 0 Å². The van der Waals surface area contributed by atoms with Crippen molar-refractivity contribution >= 4 is 5.78 Å². The number of hydrogen-bond acceptors (Lipinski definition) is 3. The summed E-state index contributed by atoms with van der Waals surface area (Å²) in [6.07, 6.45) is 11.8. The van der Waals surface area contributed by atoms with E-state index in [1.165, 1.54) is 11.1 Å². The number of carbonyl (C=O) groups is 1. The molecule has 1 aliphatic heterocycles. The van der Waals surface area contributed by atoms with Gasteiger partial charge in [0.15, 0.2) is 5.78 Å². The fourth-order valence-corrected chi connectivity index (χ4v) is 5.03. The quantitative estimate of drug-likeness (QED) is 0.247. The van der Waals surface area contributed by atoms with E-state index in [-0.39, 0.29) is 23.6 Å². The van der Waals surface area contributed by atoms with E-state index in [1.807, 2.05) is 24.3 Å². The van der Waals surface area contributed by atoms with Gasteiger partial charge in [-0.2, -0.15) is 0 Å². The summed E-state index contributed by atoms with van der Waals surface area (Å²) in [6.45, 7) is 7.17. The van der Waals surface area contributed by atoms with Crippen LogP contribution in [0.3, 0.4) is 0 Å². The van der Waals surface area contributed by atoms with E-state index in [2.05, 4.69) is 57.2 Å². The Morgan fingerprint density at radius 2 is 1.79 bits per heavy atom. The number of benzene rings is 2. The van der Waals surface area contributed by atoms with Crippen molar-refractivity contribution < 1.29 is 14.3 Å². The molecule has 1 heterocycles. The SMILES string of the molecule is CCCc1ccc(C(=O)C=CCCC2(CCC)CC(OCC)CC(c3ccccc3)O2)cc1. The Hall–Kier alpha value is -2.23. The molecule has 3 rings (SSSR count). The fourth-order valence-electron chi connectivity index (χ4n) is 5.03. The van der Waals surface area contributed by atoms with E-state index < -0.39 is 0 Å². The first-order chi connectivity index (χ1) is 16.1. The predicted molar refractivity (Wildman–Crippen MR) is 136 cm³/mol. The van der Waals surface area contributed by atoms with Crippen LogP contribution in [0, 0.1) is 0 Å². The van der Waals surface area contributed by atoms with Crippen molar-refractivity contribution in [2.45, 2.75) is 89.9 Å². The van der Waals surface area contributed by atoms with Gasteiger partial charge in [0.05, 0.1) is 17.8 Å². The van der Waals surface area contributed by atoms with Crippen LogP contribution in [0.15, 0.2) is 66.7 Å². The second kappa shape index (κ2) is 12.9. The van der Waals surface area contributed by atoms with Crippen LogP contribution in [-0.4, -0.2) is 24.1 Å². The van der Waals surface area contributed by atoms with Crippen molar-refractivity contribution in [3.8, 4) is 0 Å². The third kappa shape index (κ3) is 7.38. The van der Waals surface area contributed by atoms with Gasteiger partial charge in [-0.05, 0) is 49.8 Å². The van der Waals surface area contributed by atoms with Crippen molar-refractivity contribution in [2.75, 3.05) is 6.61 Å².